The first-order valence-electron chi connectivity index (χ1n) is 5.78. The number of aliphatic hydroxyl groups is 1. The van der Waals surface area contributed by atoms with E-state index < -0.39 is 17.8 Å². The molecule has 1 aromatic carbocycles. The molecule has 98 valence electrons. The molecule has 0 aliphatic rings. The van der Waals surface area contributed by atoms with Crippen LogP contribution in [0.1, 0.15) is 22.0 Å². The van der Waals surface area contributed by atoms with E-state index in [2.05, 4.69) is 10.3 Å². The van der Waals surface area contributed by atoms with Crippen molar-refractivity contribution in [1.29, 1.82) is 0 Å². The van der Waals surface area contributed by atoms with Gasteiger partial charge in [0.15, 0.2) is 0 Å². The zero-order chi connectivity index (χ0) is 13.7. The van der Waals surface area contributed by atoms with E-state index in [1.807, 2.05) is 18.2 Å². The van der Waals surface area contributed by atoms with Crippen molar-refractivity contribution in [2.45, 2.75) is 6.04 Å². The van der Waals surface area contributed by atoms with Crippen LogP contribution in [-0.2, 0) is 0 Å². The lowest BCUT2D eigenvalue weighted by Gasteiger charge is -2.16. The van der Waals surface area contributed by atoms with Crippen LogP contribution in [0.5, 0.6) is 0 Å². The third-order valence-corrected chi connectivity index (χ3v) is 2.66. The third kappa shape index (κ3) is 3.35. The van der Waals surface area contributed by atoms with Gasteiger partial charge in [0.1, 0.15) is 5.82 Å². The number of hydrogen-bond acceptors (Lipinski definition) is 3. The second-order valence-electron chi connectivity index (χ2n) is 4.01. The van der Waals surface area contributed by atoms with Gasteiger partial charge in [0, 0.05) is 6.20 Å². The van der Waals surface area contributed by atoms with Gasteiger partial charge < -0.3 is 10.4 Å². The van der Waals surface area contributed by atoms with E-state index in [1.54, 1.807) is 12.1 Å². The van der Waals surface area contributed by atoms with Gasteiger partial charge in [-0.3, -0.25) is 9.78 Å². The molecule has 0 fully saturated rings. The Morgan fingerprint density at radius 1 is 1.32 bits per heavy atom. The van der Waals surface area contributed by atoms with E-state index in [-0.39, 0.29) is 12.2 Å². The molecule has 1 atom stereocenters. The highest BCUT2D eigenvalue weighted by molar-refractivity contribution is 5.94. The van der Waals surface area contributed by atoms with Gasteiger partial charge in [0.25, 0.3) is 5.91 Å². The summed E-state index contributed by atoms with van der Waals surface area (Å²) in [4.78, 5) is 15.5. The van der Waals surface area contributed by atoms with Gasteiger partial charge in [0.05, 0.1) is 24.4 Å². The molecule has 1 amide bonds. The lowest BCUT2D eigenvalue weighted by molar-refractivity contribution is 0.0915. The Morgan fingerprint density at radius 2 is 2.05 bits per heavy atom. The van der Waals surface area contributed by atoms with Crippen LogP contribution in [0, 0.1) is 5.82 Å². The Hall–Kier alpha value is -2.27. The summed E-state index contributed by atoms with van der Waals surface area (Å²) >= 11 is 0. The Kier molecular flexibility index (Phi) is 4.20. The third-order valence-electron chi connectivity index (χ3n) is 2.66. The largest absolute Gasteiger partial charge is 0.394 e. The van der Waals surface area contributed by atoms with Crippen molar-refractivity contribution >= 4 is 5.91 Å². The molecule has 0 spiro atoms. The fourth-order valence-corrected chi connectivity index (χ4v) is 1.70. The van der Waals surface area contributed by atoms with Crippen LogP contribution in [-0.4, -0.2) is 22.6 Å². The van der Waals surface area contributed by atoms with Crippen LogP contribution < -0.4 is 5.32 Å². The number of rotatable bonds is 4. The van der Waals surface area contributed by atoms with Crippen molar-refractivity contribution in [2.24, 2.45) is 0 Å². The van der Waals surface area contributed by atoms with Gasteiger partial charge in [-0.2, -0.15) is 0 Å². The molecule has 2 N–H and O–H groups in total. The zero-order valence-electron chi connectivity index (χ0n) is 10.1. The molecule has 0 aliphatic heterocycles. The molecular weight excluding hydrogens is 247 g/mol. The lowest BCUT2D eigenvalue weighted by Crippen LogP contribution is -2.30. The topological polar surface area (TPSA) is 62.2 Å². The number of carbonyl (C=O) groups is 1. The molecule has 2 rings (SSSR count). The predicted octanol–water partition coefficient (Wildman–Crippen LogP) is 1.68. The molecule has 0 saturated carbocycles. The summed E-state index contributed by atoms with van der Waals surface area (Å²) in [5.74, 6) is -1.05. The van der Waals surface area contributed by atoms with Crippen molar-refractivity contribution in [3.05, 3.63) is 65.7 Å². The molecule has 2 aromatic rings. The average Bonchev–Trinajstić information content (AvgIpc) is 2.45. The number of aromatic nitrogens is 1. The molecule has 19 heavy (non-hydrogen) atoms. The number of pyridine rings is 1. The van der Waals surface area contributed by atoms with E-state index >= 15 is 0 Å². The fraction of sp³-hybridized carbons (Fsp3) is 0.143. The van der Waals surface area contributed by atoms with Crippen molar-refractivity contribution < 1.29 is 14.3 Å². The first-order chi connectivity index (χ1) is 9.20. The Morgan fingerprint density at radius 3 is 2.68 bits per heavy atom. The molecule has 0 aliphatic carbocycles. The number of hydrogen-bond donors (Lipinski definition) is 2. The maximum absolute atomic E-state index is 13.0. The van der Waals surface area contributed by atoms with Crippen LogP contribution in [0.25, 0.3) is 0 Å². The number of benzene rings is 1. The maximum atomic E-state index is 13.0. The van der Waals surface area contributed by atoms with Crippen LogP contribution in [0.4, 0.5) is 4.39 Å². The zero-order valence-corrected chi connectivity index (χ0v) is 10.1. The van der Waals surface area contributed by atoms with Crippen molar-refractivity contribution in [2.75, 3.05) is 6.61 Å². The summed E-state index contributed by atoms with van der Waals surface area (Å²) in [5, 5.41) is 12.0. The number of nitrogens with zero attached hydrogens (tertiary/aromatic N) is 1. The molecular formula is C14H13FN2O2. The van der Waals surface area contributed by atoms with Gasteiger partial charge in [0.2, 0.25) is 0 Å². The highest BCUT2D eigenvalue weighted by Gasteiger charge is 2.15. The van der Waals surface area contributed by atoms with E-state index in [9.17, 15) is 14.3 Å². The van der Waals surface area contributed by atoms with Crippen molar-refractivity contribution in [3.8, 4) is 0 Å². The Labute approximate surface area is 109 Å². The average molecular weight is 260 g/mol. The van der Waals surface area contributed by atoms with Gasteiger partial charge in [-0.1, -0.05) is 30.3 Å². The minimum absolute atomic E-state index is 0.120. The second kappa shape index (κ2) is 6.06. The van der Waals surface area contributed by atoms with E-state index in [0.29, 0.717) is 0 Å². The van der Waals surface area contributed by atoms with Crippen molar-refractivity contribution in [1.82, 2.24) is 10.3 Å². The van der Waals surface area contributed by atoms with Gasteiger partial charge in [-0.25, -0.2) is 4.39 Å². The standard InChI is InChI=1S/C14H13FN2O2/c15-12-6-11(7-16-8-12)14(19)17-13(9-18)10-4-2-1-3-5-10/h1-8,13,18H,9H2,(H,17,19)/t13-/m1/s1. The van der Waals surface area contributed by atoms with Crippen LogP contribution in [0.15, 0.2) is 48.8 Å². The summed E-state index contributed by atoms with van der Waals surface area (Å²) in [6, 6.07) is 9.63. The SMILES string of the molecule is O=C(N[C@H](CO)c1ccccc1)c1cncc(F)c1. The Balaban J connectivity index is 2.13. The second-order valence-corrected chi connectivity index (χ2v) is 4.01. The smallest absolute Gasteiger partial charge is 0.253 e. The number of amides is 1. The first kappa shape index (κ1) is 13.2. The summed E-state index contributed by atoms with van der Waals surface area (Å²) < 4.78 is 13.0. The predicted molar refractivity (Wildman–Crippen MR) is 67.9 cm³/mol. The van der Waals surface area contributed by atoms with E-state index in [0.717, 1.165) is 17.8 Å². The minimum Gasteiger partial charge on any atom is -0.394 e. The molecule has 0 saturated heterocycles. The van der Waals surface area contributed by atoms with Gasteiger partial charge >= 0.3 is 0 Å². The number of carbonyl (C=O) groups excluding carboxylic acids is 1. The fourth-order valence-electron chi connectivity index (χ4n) is 1.70. The minimum atomic E-state index is -0.576. The number of nitrogens with one attached hydrogen (secondary N) is 1. The van der Waals surface area contributed by atoms with Crippen LogP contribution in [0.2, 0.25) is 0 Å². The number of aliphatic hydroxyl groups excluding tert-OH is 1. The molecule has 4 nitrogen and oxygen atoms in total. The van der Waals surface area contributed by atoms with E-state index in [4.69, 9.17) is 0 Å². The molecule has 1 aromatic heterocycles. The summed E-state index contributed by atoms with van der Waals surface area (Å²) in [6.07, 6.45) is 2.30. The van der Waals surface area contributed by atoms with E-state index in [1.165, 1.54) is 6.20 Å². The quantitative estimate of drug-likeness (QED) is 0.879. The van der Waals surface area contributed by atoms with Gasteiger partial charge in [-0.05, 0) is 11.6 Å². The monoisotopic (exact) mass is 260 g/mol. The molecule has 1 heterocycles. The highest BCUT2D eigenvalue weighted by Crippen LogP contribution is 2.12. The number of halogens is 1. The summed E-state index contributed by atoms with van der Waals surface area (Å²) in [5.41, 5.74) is 0.900. The Bertz CT molecular complexity index is 560. The first-order valence-corrected chi connectivity index (χ1v) is 5.78. The van der Waals surface area contributed by atoms with Crippen molar-refractivity contribution in [3.63, 3.8) is 0 Å². The van der Waals surface area contributed by atoms with Crippen LogP contribution in [0.3, 0.4) is 0 Å². The molecule has 5 heteroatoms. The van der Waals surface area contributed by atoms with Gasteiger partial charge in [-0.15, -0.1) is 0 Å². The highest BCUT2D eigenvalue weighted by atomic mass is 19.1. The normalized spacial score (nSPS) is 11.9. The molecule has 0 radical (unpaired) electrons. The van der Waals surface area contributed by atoms with Crippen LogP contribution >= 0.6 is 0 Å². The summed E-state index contributed by atoms with van der Waals surface area (Å²) in [7, 11) is 0. The molecule has 0 unspecified atom stereocenters. The molecule has 0 bridgehead atoms. The summed E-state index contributed by atoms with van der Waals surface area (Å²) in [6.45, 7) is -0.238. The maximum Gasteiger partial charge on any atom is 0.253 e. The lowest BCUT2D eigenvalue weighted by atomic mass is 10.1.